The van der Waals surface area contributed by atoms with Crippen LogP contribution < -0.4 is 4.89 Å². The Labute approximate surface area is 88.7 Å². The van der Waals surface area contributed by atoms with Crippen LogP contribution in [0.2, 0.25) is 0 Å². The van der Waals surface area contributed by atoms with Gasteiger partial charge in [-0.3, -0.25) is 0 Å². The lowest BCUT2D eigenvalue weighted by Gasteiger charge is -2.19. The average molecular weight is 213 g/mol. The van der Waals surface area contributed by atoms with E-state index in [0.29, 0.717) is 5.88 Å². The van der Waals surface area contributed by atoms with E-state index in [1.807, 2.05) is 31.2 Å². The van der Waals surface area contributed by atoms with Crippen LogP contribution in [-0.2, 0) is 10.5 Å². The predicted molar refractivity (Wildman–Crippen MR) is 55.5 cm³/mol. The molecule has 0 saturated heterocycles. The van der Waals surface area contributed by atoms with E-state index in [0.717, 1.165) is 24.2 Å². The Bertz CT molecular complexity index is 327. The second-order valence-corrected chi connectivity index (χ2v) is 4.06. The molecule has 0 radical (unpaired) electrons. The minimum atomic E-state index is -0.328. The fourth-order valence-electron chi connectivity index (χ4n) is 1.74. The molecule has 1 unspecified atom stereocenters. The molecule has 0 spiro atoms. The van der Waals surface area contributed by atoms with Gasteiger partial charge in [-0.05, 0) is 25.8 Å². The van der Waals surface area contributed by atoms with Crippen LogP contribution in [0.3, 0.4) is 0 Å². The number of para-hydroxylation sites is 1. The second-order valence-electron chi connectivity index (χ2n) is 3.69. The first-order valence-electron chi connectivity index (χ1n) is 4.77. The van der Waals surface area contributed by atoms with Gasteiger partial charge in [0.05, 0.1) is 0 Å². The molecule has 0 aromatic heterocycles. The quantitative estimate of drug-likeness (QED) is 0.566. The molecule has 76 valence electrons. The SMILES string of the molecule is CC1(CCCCl)OOc2ccccc21. The fourth-order valence-corrected chi connectivity index (χ4v) is 1.87. The van der Waals surface area contributed by atoms with Crippen molar-refractivity contribution >= 4 is 11.6 Å². The van der Waals surface area contributed by atoms with Crippen LogP contribution in [0.4, 0.5) is 0 Å². The minimum Gasteiger partial charge on any atom is -0.336 e. The highest BCUT2D eigenvalue weighted by atomic mass is 35.5. The van der Waals surface area contributed by atoms with Gasteiger partial charge in [0.15, 0.2) is 5.75 Å². The average Bonchev–Trinajstić information content (AvgIpc) is 2.55. The van der Waals surface area contributed by atoms with Crippen molar-refractivity contribution in [2.24, 2.45) is 0 Å². The van der Waals surface area contributed by atoms with Gasteiger partial charge >= 0.3 is 0 Å². The number of rotatable bonds is 3. The van der Waals surface area contributed by atoms with Crippen molar-refractivity contribution in [3.05, 3.63) is 29.8 Å². The van der Waals surface area contributed by atoms with Crippen LogP contribution in [0.1, 0.15) is 25.3 Å². The van der Waals surface area contributed by atoms with E-state index >= 15 is 0 Å². The molecule has 0 saturated carbocycles. The van der Waals surface area contributed by atoms with Crippen LogP contribution in [-0.4, -0.2) is 5.88 Å². The standard InChI is InChI=1S/C11H13ClO2/c1-11(7-4-8-12)9-5-2-3-6-10(9)13-14-11/h2-3,5-6H,4,7-8H2,1H3. The maximum absolute atomic E-state index is 5.67. The highest BCUT2D eigenvalue weighted by molar-refractivity contribution is 6.17. The van der Waals surface area contributed by atoms with Crippen molar-refractivity contribution in [1.29, 1.82) is 0 Å². The van der Waals surface area contributed by atoms with Crippen LogP contribution in [0, 0.1) is 0 Å². The van der Waals surface area contributed by atoms with Crippen LogP contribution >= 0.6 is 11.6 Å². The summed E-state index contributed by atoms with van der Waals surface area (Å²) < 4.78 is 0. The van der Waals surface area contributed by atoms with Gasteiger partial charge in [0, 0.05) is 11.4 Å². The summed E-state index contributed by atoms with van der Waals surface area (Å²) in [6, 6.07) is 7.89. The van der Waals surface area contributed by atoms with Crippen LogP contribution in [0.15, 0.2) is 24.3 Å². The molecule has 1 aromatic rings. The molecule has 0 N–H and O–H groups in total. The van der Waals surface area contributed by atoms with Crippen molar-refractivity contribution < 1.29 is 9.78 Å². The summed E-state index contributed by atoms with van der Waals surface area (Å²) in [5, 5.41) is 0. The molecule has 0 amide bonds. The largest absolute Gasteiger partial charge is 0.336 e. The number of hydrogen-bond donors (Lipinski definition) is 0. The van der Waals surface area contributed by atoms with Gasteiger partial charge in [0.1, 0.15) is 5.60 Å². The molecule has 0 aliphatic carbocycles. The highest BCUT2D eigenvalue weighted by Crippen LogP contribution is 2.42. The molecule has 0 fully saturated rings. The number of fused-ring (bicyclic) bond motifs is 1. The third-order valence-electron chi connectivity index (χ3n) is 2.56. The van der Waals surface area contributed by atoms with E-state index in [1.165, 1.54) is 0 Å². The van der Waals surface area contributed by atoms with E-state index in [1.54, 1.807) is 0 Å². The molecular formula is C11H13ClO2. The Hall–Kier alpha value is -0.730. The lowest BCUT2D eigenvalue weighted by Crippen LogP contribution is -2.21. The predicted octanol–water partition coefficient (Wildman–Crippen LogP) is 3.24. The molecule has 1 aromatic carbocycles. The summed E-state index contributed by atoms with van der Waals surface area (Å²) in [5.41, 5.74) is 0.788. The number of hydrogen-bond acceptors (Lipinski definition) is 2. The van der Waals surface area contributed by atoms with Crippen LogP contribution in [0.5, 0.6) is 5.75 Å². The monoisotopic (exact) mass is 212 g/mol. The zero-order valence-electron chi connectivity index (χ0n) is 8.13. The molecule has 1 aliphatic heterocycles. The number of halogens is 1. The first-order chi connectivity index (χ1) is 6.76. The molecule has 2 nitrogen and oxygen atoms in total. The minimum absolute atomic E-state index is 0.328. The summed E-state index contributed by atoms with van der Waals surface area (Å²) in [7, 11) is 0. The lowest BCUT2D eigenvalue weighted by atomic mass is 9.91. The molecule has 2 rings (SSSR count). The second kappa shape index (κ2) is 3.79. The van der Waals surface area contributed by atoms with Crippen molar-refractivity contribution in [2.75, 3.05) is 5.88 Å². The molecule has 1 atom stereocenters. The molecule has 14 heavy (non-hydrogen) atoms. The van der Waals surface area contributed by atoms with Crippen molar-refractivity contribution in [3.63, 3.8) is 0 Å². The van der Waals surface area contributed by atoms with Gasteiger partial charge in [-0.1, -0.05) is 18.2 Å². The fraction of sp³-hybridized carbons (Fsp3) is 0.455. The summed E-state index contributed by atoms with van der Waals surface area (Å²) in [5.74, 6) is 1.48. The van der Waals surface area contributed by atoms with Crippen LogP contribution in [0.25, 0.3) is 0 Å². The molecule has 1 heterocycles. The topological polar surface area (TPSA) is 18.5 Å². The first kappa shape index (κ1) is 9.81. The van der Waals surface area contributed by atoms with E-state index in [4.69, 9.17) is 21.4 Å². The van der Waals surface area contributed by atoms with E-state index in [2.05, 4.69) is 0 Å². The Balaban J connectivity index is 2.23. The zero-order valence-corrected chi connectivity index (χ0v) is 8.88. The maximum atomic E-state index is 5.67. The van der Waals surface area contributed by atoms with Gasteiger partial charge in [0.25, 0.3) is 0 Å². The summed E-state index contributed by atoms with van der Waals surface area (Å²) in [6.07, 6.45) is 1.81. The normalized spacial score (nSPS) is 24.4. The van der Waals surface area contributed by atoms with E-state index < -0.39 is 0 Å². The van der Waals surface area contributed by atoms with Crippen molar-refractivity contribution in [1.82, 2.24) is 0 Å². The lowest BCUT2D eigenvalue weighted by molar-refractivity contribution is -0.269. The Morgan fingerprint density at radius 2 is 2.14 bits per heavy atom. The van der Waals surface area contributed by atoms with E-state index in [9.17, 15) is 0 Å². The first-order valence-corrected chi connectivity index (χ1v) is 5.31. The highest BCUT2D eigenvalue weighted by Gasteiger charge is 2.37. The van der Waals surface area contributed by atoms with Crippen molar-refractivity contribution in [3.8, 4) is 5.75 Å². The van der Waals surface area contributed by atoms with Gasteiger partial charge in [-0.2, -0.15) is 4.89 Å². The van der Waals surface area contributed by atoms with E-state index in [-0.39, 0.29) is 5.60 Å². The maximum Gasteiger partial charge on any atom is 0.171 e. The van der Waals surface area contributed by atoms with Gasteiger partial charge in [0.2, 0.25) is 0 Å². The van der Waals surface area contributed by atoms with Gasteiger partial charge in [-0.15, -0.1) is 11.6 Å². The summed E-state index contributed by atoms with van der Waals surface area (Å²) in [6.45, 7) is 2.03. The summed E-state index contributed by atoms with van der Waals surface area (Å²) >= 11 is 5.67. The Morgan fingerprint density at radius 3 is 2.93 bits per heavy atom. The molecule has 0 bridgehead atoms. The Kier molecular flexibility index (Phi) is 2.66. The zero-order chi connectivity index (χ0) is 10.0. The molecule has 1 aliphatic rings. The van der Waals surface area contributed by atoms with Gasteiger partial charge in [-0.25, -0.2) is 0 Å². The smallest absolute Gasteiger partial charge is 0.171 e. The third kappa shape index (κ3) is 1.60. The molecular weight excluding hydrogens is 200 g/mol. The molecule has 3 heteroatoms. The Morgan fingerprint density at radius 1 is 1.36 bits per heavy atom. The number of alkyl halides is 1. The van der Waals surface area contributed by atoms with Crippen molar-refractivity contribution in [2.45, 2.75) is 25.4 Å². The van der Waals surface area contributed by atoms with Gasteiger partial charge < -0.3 is 4.89 Å². The summed E-state index contributed by atoms with van der Waals surface area (Å²) in [4.78, 5) is 10.5. The third-order valence-corrected chi connectivity index (χ3v) is 2.83. The number of benzene rings is 1.